The number of amides is 1. The van der Waals surface area contributed by atoms with Crippen molar-refractivity contribution in [1.82, 2.24) is 5.32 Å². The fraction of sp³-hybridized carbons (Fsp3) is 0.125. The van der Waals surface area contributed by atoms with E-state index < -0.39 is 5.97 Å². The van der Waals surface area contributed by atoms with E-state index in [2.05, 4.69) is 27.9 Å². The van der Waals surface area contributed by atoms with Gasteiger partial charge in [-0.2, -0.15) is 0 Å². The quantitative estimate of drug-likeness (QED) is 0.782. The van der Waals surface area contributed by atoms with Crippen molar-refractivity contribution in [2.75, 3.05) is 0 Å². The van der Waals surface area contributed by atoms with Crippen LogP contribution in [0.2, 0.25) is 0 Å². The van der Waals surface area contributed by atoms with E-state index in [4.69, 9.17) is 5.11 Å². The first kappa shape index (κ1) is 15.5. The van der Waals surface area contributed by atoms with E-state index in [0.29, 0.717) is 12.1 Å². The number of rotatable bonds is 4. The minimum atomic E-state index is -0.976. The van der Waals surface area contributed by atoms with E-state index in [1.807, 2.05) is 19.1 Å². The molecule has 0 saturated carbocycles. The van der Waals surface area contributed by atoms with Crippen LogP contribution in [-0.4, -0.2) is 17.0 Å². The van der Waals surface area contributed by atoms with Crippen LogP contribution in [0.4, 0.5) is 0 Å². The van der Waals surface area contributed by atoms with Gasteiger partial charge in [-0.15, -0.1) is 0 Å². The van der Waals surface area contributed by atoms with Crippen LogP contribution in [0.25, 0.3) is 0 Å². The highest BCUT2D eigenvalue weighted by molar-refractivity contribution is 14.1. The zero-order chi connectivity index (χ0) is 15.4. The summed E-state index contributed by atoms with van der Waals surface area (Å²) in [5.41, 5.74) is 2.65. The third-order valence-corrected chi connectivity index (χ3v) is 4.50. The largest absolute Gasteiger partial charge is 0.478 e. The van der Waals surface area contributed by atoms with E-state index in [9.17, 15) is 9.59 Å². The fourth-order valence-electron chi connectivity index (χ4n) is 1.91. The number of aromatic carboxylic acids is 1. The van der Waals surface area contributed by atoms with Gasteiger partial charge in [0, 0.05) is 10.1 Å². The molecule has 0 radical (unpaired) electrons. The average molecular weight is 395 g/mol. The lowest BCUT2D eigenvalue weighted by Gasteiger charge is -2.09. The van der Waals surface area contributed by atoms with Crippen molar-refractivity contribution >= 4 is 34.5 Å². The Balaban J connectivity index is 2.09. The average Bonchev–Trinajstić information content (AvgIpc) is 2.48. The predicted molar refractivity (Wildman–Crippen MR) is 88.5 cm³/mol. The number of aryl methyl sites for hydroxylation is 1. The number of nitrogens with one attached hydrogen (secondary N) is 1. The first-order valence-corrected chi connectivity index (χ1v) is 7.42. The summed E-state index contributed by atoms with van der Waals surface area (Å²) in [6.07, 6.45) is 0. The molecule has 0 bridgehead atoms. The van der Waals surface area contributed by atoms with Crippen LogP contribution >= 0.6 is 22.6 Å². The maximum Gasteiger partial charge on any atom is 0.335 e. The summed E-state index contributed by atoms with van der Waals surface area (Å²) < 4.78 is 0.923. The van der Waals surface area contributed by atoms with E-state index in [1.165, 1.54) is 6.07 Å². The van der Waals surface area contributed by atoms with Crippen molar-refractivity contribution < 1.29 is 14.7 Å². The maximum atomic E-state index is 12.2. The van der Waals surface area contributed by atoms with E-state index in [-0.39, 0.29) is 11.5 Å². The van der Waals surface area contributed by atoms with Crippen LogP contribution in [0.1, 0.15) is 31.8 Å². The lowest BCUT2D eigenvalue weighted by molar-refractivity contribution is 0.0696. The zero-order valence-electron chi connectivity index (χ0n) is 11.4. The van der Waals surface area contributed by atoms with Crippen molar-refractivity contribution in [3.8, 4) is 0 Å². The zero-order valence-corrected chi connectivity index (χ0v) is 13.5. The third kappa shape index (κ3) is 3.81. The number of carbonyl (C=O) groups is 2. The molecule has 108 valence electrons. The second-order valence-electron chi connectivity index (χ2n) is 4.62. The van der Waals surface area contributed by atoms with Gasteiger partial charge in [-0.3, -0.25) is 4.79 Å². The highest BCUT2D eigenvalue weighted by Crippen LogP contribution is 2.16. The van der Waals surface area contributed by atoms with Crippen molar-refractivity contribution in [3.05, 3.63) is 68.3 Å². The van der Waals surface area contributed by atoms with Crippen LogP contribution in [0, 0.1) is 10.5 Å². The lowest BCUT2D eigenvalue weighted by atomic mass is 10.1. The highest BCUT2D eigenvalue weighted by atomic mass is 127. The van der Waals surface area contributed by atoms with E-state index in [0.717, 1.165) is 14.7 Å². The Bertz CT molecular complexity index is 698. The summed E-state index contributed by atoms with van der Waals surface area (Å²) in [6.45, 7) is 2.25. The molecule has 2 aromatic rings. The van der Waals surface area contributed by atoms with Crippen molar-refractivity contribution in [2.24, 2.45) is 0 Å². The summed E-state index contributed by atoms with van der Waals surface area (Å²) in [5, 5.41) is 11.8. The Morgan fingerprint density at radius 1 is 1.19 bits per heavy atom. The second-order valence-corrected chi connectivity index (χ2v) is 5.70. The first-order valence-electron chi connectivity index (χ1n) is 6.34. The number of carboxylic acids is 1. The Morgan fingerprint density at radius 3 is 2.62 bits per heavy atom. The molecular formula is C16H14INO3. The van der Waals surface area contributed by atoms with Gasteiger partial charge < -0.3 is 10.4 Å². The van der Waals surface area contributed by atoms with Gasteiger partial charge in [-0.1, -0.05) is 24.3 Å². The summed E-state index contributed by atoms with van der Waals surface area (Å²) >= 11 is 2.15. The predicted octanol–water partition coefficient (Wildman–Crippen LogP) is 3.23. The molecule has 21 heavy (non-hydrogen) atoms. The summed E-state index contributed by atoms with van der Waals surface area (Å²) in [4.78, 5) is 23.1. The molecule has 0 aliphatic heterocycles. The molecule has 0 aliphatic carbocycles. The maximum absolute atomic E-state index is 12.2. The van der Waals surface area contributed by atoms with Crippen molar-refractivity contribution in [3.63, 3.8) is 0 Å². The first-order chi connectivity index (χ1) is 9.99. The molecule has 0 fully saturated rings. The van der Waals surface area contributed by atoms with Crippen LogP contribution in [0.15, 0.2) is 42.5 Å². The van der Waals surface area contributed by atoms with Gasteiger partial charge >= 0.3 is 5.97 Å². The number of carbonyl (C=O) groups excluding carboxylic acids is 1. The molecular weight excluding hydrogens is 381 g/mol. The molecule has 2 N–H and O–H groups in total. The minimum absolute atomic E-state index is 0.163. The molecule has 0 heterocycles. The molecule has 0 aliphatic rings. The number of hydrogen-bond donors (Lipinski definition) is 2. The molecule has 0 atom stereocenters. The lowest BCUT2D eigenvalue weighted by Crippen LogP contribution is -2.24. The van der Waals surface area contributed by atoms with Crippen molar-refractivity contribution in [2.45, 2.75) is 13.5 Å². The number of benzene rings is 2. The topological polar surface area (TPSA) is 66.4 Å². The molecule has 2 rings (SSSR count). The third-order valence-electron chi connectivity index (χ3n) is 3.06. The summed E-state index contributed by atoms with van der Waals surface area (Å²) in [6, 6.07) is 12.1. The van der Waals surface area contributed by atoms with Gasteiger partial charge in [-0.05, 0) is 58.8 Å². The van der Waals surface area contributed by atoms with Gasteiger partial charge in [0.15, 0.2) is 0 Å². The summed E-state index contributed by atoms with van der Waals surface area (Å²) in [7, 11) is 0. The number of halogens is 1. The molecule has 4 nitrogen and oxygen atoms in total. The normalized spacial score (nSPS) is 10.2. The van der Waals surface area contributed by atoms with Gasteiger partial charge in [0.1, 0.15) is 0 Å². The molecule has 2 aromatic carbocycles. The van der Waals surface area contributed by atoms with Gasteiger partial charge in [-0.25, -0.2) is 4.79 Å². The monoisotopic (exact) mass is 395 g/mol. The molecule has 0 saturated heterocycles. The highest BCUT2D eigenvalue weighted by Gasteiger charge is 2.11. The smallest absolute Gasteiger partial charge is 0.335 e. The molecule has 0 aromatic heterocycles. The Labute approximate surface area is 136 Å². The van der Waals surface area contributed by atoms with E-state index in [1.54, 1.807) is 24.3 Å². The van der Waals surface area contributed by atoms with Crippen molar-refractivity contribution in [1.29, 1.82) is 0 Å². The fourth-order valence-corrected chi connectivity index (χ4v) is 2.52. The number of carboxylic acid groups (broad SMARTS) is 1. The van der Waals surface area contributed by atoms with Gasteiger partial charge in [0.25, 0.3) is 5.91 Å². The van der Waals surface area contributed by atoms with Crippen LogP contribution in [-0.2, 0) is 6.54 Å². The summed E-state index contributed by atoms with van der Waals surface area (Å²) in [5.74, 6) is -1.14. The van der Waals surface area contributed by atoms with Gasteiger partial charge in [0.05, 0.1) is 11.1 Å². The Hall–Kier alpha value is -1.89. The van der Waals surface area contributed by atoms with Crippen LogP contribution in [0.3, 0.4) is 0 Å². The molecule has 5 heteroatoms. The second kappa shape index (κ2) is 6.71. The van der Waals surface area contributed by atoms with E-state index >= 15 is 0 Å². The Kier molecular flexibility index (Phi) is 4.95. The Morgan fingerprint density at radius 2 is 1.90 bits per heavy atom. The van der Waals surface area contributed by atoms with Crippen LogP contribution in [0.5, 0.6) is 0 Å². The SMILES string of the molecule is Cc1cccc(C(=O)NCc2cccc(C(=O)O)c2)c1I. The van der Waals surface area contributed by atoms with Crippen LogP contribution < -0.4 is 5.32 Å². The standard InChI is InChI=1S/C16H14INO3/c1-10-4-2-7-13(14(10)17)15(19)18-9-11-5-3-6-12(8-11)16(20)21/h2-8H,9H2,1H3,(H,18,19)(H,20,21). The molecule has 0 unspecified atom stereocenters. The molecule has 0 spiro atoms. The van der Waals surface area contributed by atoms with Gasteiger partial charge in [0.2, 0.25) is 0 Å². The minimum Gasteiger partial charge on any atom is -0.478 e. The number of hydrogen-bond acceptors (Lipinski definition) is 2. The molecule has 1 amide bonds.